The smallest absolute Gasteiger partial charge is 0.151 e. The maximum Gasteiger partial charge on any atom is 0.151 e. The Bertz CT molecular complexity index is 367. The second-order valence-corrected chi connectivity index (χ2v) is 4.90. The highest BCUT2D eigenvalue weighted by molar-refractivity contribution is 5.66. The summed E-state index contributed by atoms with van der Waals surface area (Å²) < 4.78 is 0. The Morgan fingerprint density at radius 1 is 1.35 bits per heavy atom. The SMILES string of the molecule is c1cnc(N2CCCC2)c(NC2CCNC2)c1. The van der Waals surface area contributed by atoms with Gasteiger partial charge in [0.25, 0.3) is 0 Å². The van der Waals surface area contributed by atoms with Crippen molar-refractivity contribution in [1.29, 1.82) is 0 Å². The van der Waals surface area contributed by atoms with E-state index in [-0.39, 0.29) is 0 Å². The van der Waals surface area contributed by atoms with Gasteiger partial charge < -0.3 is 15.5 Å². The molecular formula is C13H20N4. The summed E-state index contributed by atoms with van der Waals surface area (Å²) in [5.74, 6) is 1.14. The van der Waals surface area contributed by atoms with Crippen LogP contribution < -0.4 is 15.5 Å². The van der Waals surface area contributed by atoms with E-state index in [0.717, 1.165) is 32.0 Å². The Kier molecular flexibility index (Phi) is 3.14. The van der Waals surface area contributed by atoms with Crippen LogP contribution in [0.2, 0.25) is 0 Å². The molecule has 0 aromatic carbocycles. The Morgan fingerprint density at radius 3 is 3.00 bits per heavy atom. The molecular weight excluding hydrogens is 212 g/mol. The van der Waals surface area contributed by atoms with Crippen LogP contribution in [0.1, 0.15) is 19.3 Å². The van der Waals surface area contributed by atoms with Crippen molar-refractivity contribution in [3.63, 3.8) is 0 Å². The molecule has 2 fully saturated rings. The summed E-state index contributed by atoms with van der Waals surface area (Å²) in [5, 5.41) is 7.00. The van der Waals surface area contributed by atoms with Crippen LogP contribution in [0.4, 0.5) is 11.5 Å². The zero-order valence-electron chi connectivity index (χ0n) is 10.2. The summed E-state index contributed by atoms with van der Waals surface area (Å²) in [7, 11) is 0. The van der Waals surface area contributed by atoms with Crippen LogP contribution in [0, 0.1) is 0 Å². The average Bonchev–Trinajstić information content (AvgIpc) is 3.01. The summed E-state index contributed by atoms with van der Waals surface area (Å²) >= 11 is 0. The zero-order valence-corrected chi connectivity index (χ0v) is 10.2. The van der Waals surface area contributed by atoms with Crippen molar-refractivity contribution in [1.82, 2.24) is 10.3 Å². The van der Waals surface area contributed by atoms with Crippen LogP contribution in [0.15, 0.2) is 18.3 Å². The first kappa shape index (κ1) is 10.8. The van der Waals surface area contributed by atoms with E-state index >= 15 is 0 Å². The van der Waals surface area contributed by atoms with E-state index in [1.54, 1.807) is 0 Å². The predicted molar refractivity (Wildman–Crippen MR) is 70.6 cm³/mol. The molecule has 17 heavy (non-hydrogen) atoms. The lowest BCUT2D eigenvalue weighted by Crippen LogP contribution is -2.25. The largest absolute Gasteiger partial charge is 0.378 e. The molecule has 2 aliphatic rings. The van der Waals surface area contributed by atoms with Crippen LogP contribution in [0.5, 0.6) is 0 Å². The number of anilines is 2. The summed E-state index contributed by atoms with van der Waals surface area (Å²) in [6.07, 6.45) is 5.68. The molecule has 0 radical (unpaired) electrons. The number of hydrogen-bond acceptors (Lipinski definition) is 4. The van der Waals surface area contributed by atoms with Gasteiger partial charge in [-0.15, -0.1) is 0 Å². The maximum atomic E-state index is 4.55. The third kappa shape index (κ3) is 2.36. The maximum absolute atomic E-state index is 4.55. The van der Waals surface area contributed by atoms with Gasteiger partial charge in [0.1, 0.15) is 0 Å². The quantitative estimate of drug-likeness (QED) is 0.827. The van der Waals surface area contributed by atoms with E-state index in [0.29, 0.717) is 6.04 Å². The zero-order chi connectivity index (χ0) is 11.5. The number of aromatic nitrogens is 1. The number of rotatable bonds is 3. The van der Waals surface area contributed by atoms with Gasteiger partial charge in [-0.2, -0.15) is 0 Å². The Hall–Kier alpha value is -1.29. The lowest BCUT2D eigenvalue weighted by atomic mass is 10.2. The van der Waals surface area contributed by atoms with Crippen molar-refractivity contribution in [3.8, 4) is 0 Å². The molecule has 1 aromatic heterocycles. The molecule has 1 aromatic rings. The molecule has 2 N–H and O–H groups in total. The topological polar surface area (TPSA) is 40.2 Å². The first-order valence-electron chi connectivity index (χ1n) is 6.61. The molecule has 92 valence electrons. The highest BCUT2D eigenvalue weighted by Crippen LogP contribution is 2.27. The lowest BCUT2D eigenvalue weighted by molar-refractivity contribution is 0.790. The molecule has 1 atom stereocenters. The molecule has 0 saturated carbocycles. The fourth-order valence-corrected chi connectivity index (χ4v) is 2.69. The van der Waals surface area contributed by atoms with Gasteiger partial charge in [-0.25, -0.2) is 4.98 Å². The third-order valence-corrected chi connectivity index (χ3v) is 3.61. The van der Waals surface area contributed by atoms with Crippen LogP contribution in [-0.4, -0.2) is 37.2 Å². The molecule has 3 heterocycles. The van der Waals surface area contributed by atoms with Gasteiger partial charge in [0.2, 0.25) is 0 Å². The molecule has 2 aliphatic heterocycles. The molecule has 2 saturated heterocycles. The van der Waals surface area contributed by atoms with Crippen LogP contribution >= 0.6 is 0 Å². The molecule has 4 heteroatoms. The summed E-state index contributed by atoms with van der Waals surface area (Å²) in [6.45, 7) is 4.48. The minimum absolute atomic E-state index is 0.556. The number of nitrogens with zero attached hydrogens (tertiary/aromatic N) is 2. The Labute approximate surface area is 102 Å². The van der Waals surface area contributed by atoms with Crippen molar-refractivity contribution in [2.75, 3.05) is 36.4 Å². The van der Waals surface area contributed by atoms with E-state index in [4.69, 9.17) is 0 Å². The first-order chi connectivity index (χ1) is 8.43. The Morgan fingerprint density at radius 2 is 2.24 bits per heavy atom. The second kappa shape index (κ2) is 4.92. The highest BCUT2D eigenvalue weighted by atomic mass is 15.2. The lowest BCUT2D eigenvalue weighted by Gasteiger charge is -2.22. The minimum Gasteiger partial charge on any atom is -0.378 e. The Balaban J connectivity index is 1.77. The van der Waals surface area contributed by atoms with Gasteiger partial charge in [-0.3, -0.25) is 0 Å². The van der Waals surface area contributed by atoms with E-state index in [1.807, 2.05) is 12.3 Å². The van der Waals surface area contributed by atoms with E-state index in [9.17, 15) is 0 Å². The van der Waals surface area contributed by atoms with Crippen molar-refractivity contribution >= 4 is 11.5 Å². The fourth-order valence-electron chi connectivity index (χ4n) is 2.69. The van der Waals surface area contributed by atoms with Crippen LogP contribution in [0.25, 0.3) is 0 Å². The molecule has 0 amide bonds. The molecule has 0 spiro atoms. The van der Waals surface area contributed by atoms with Gasteiger partial charge in [0.15, 0.2) is 5.82 Å². The van der Waals surface area contributed by atoms with Crippen molar-refractivity contribution < 1.29 is 0 Å². The average molecular weight is 232 g/mol. The third-order valence-electron chi connectivity index (χ3n) is 3.61. The minimum atomic E-state index is 0.556. The molecule has 0 aliphatic carbocycles. The van der Waals surface area contributed by atoms with E-state index < -0.39 is 0 Å². The predicted octanol–water partition coefficient (Wildman–Crippen LogP) is 1.46. The van der Waals surface area contributed by atoms with Crippen molar-refractivity contribution in [2.24, 2.45) is 0 Å². The standard InChI is InChI=1S/C13H20N4/c1-2-9-17(8-1)13-12(4-3-6-15-13)16-11-5-7-14-10-11/h3-4,6,11,14,16H,1-2,5,7-10H2. The summed E-state index contributed by atoms with van der Waals surface area (Å²) in [5.41, 5.74) is 1.20. The molecule has 4 nitrogen and oxygen atoms in total. The fraction of sp³-hybridized carbons (Fsp3) is 0.615. The highest BCUT2D eigenvalue weighted by Gasteiger charge is 2.20. The van der Waals surface area contributed by atoms with Gasteiger partial charge in [-0.1, -0.05) is 0 Å². The van der Waals surface area contributed by atoms with E-state index in [1.165, 1.54) is 24.9 Å². The number of hydrogen-bond donors (Lipinski definition) is 2. The monoisotopic (exact) mass is 232 g/mol. The number of pyridine rings is 1. The number of nitrogens with one attached hydrogen (secondary N) is 2. The molecule has 0 bridgehead atoms. The molecule has 3 rings (SSSR count). The van der Waals surface area contributed by atoms with Gasteiger partial charge in [0.05, 0.1) is 5.69 Å². The van der Waals surface area contributed by atoms with Gasteiger partial charge >= 0.3 is 0 Å². The van der Waals surface area contributed by atoms with E-state index in [2.05, 4.69) is 26.6 Å². The first-order valence-corrected chi connectivity index (χ1v) is 6.61. The molecule has 1 unspecified atom stereocenters. The van der Waals surface area contributed by atoms with Crippen molar-refractivity contribution in [3.05, 3.63) is 18.3 Å². The second-order valence-electron chi connectivity index (χ2n) is 4.90. The van der Waals surface area contributed by atoms with Crippen LogP contribution in [0.3, 0.4) is 0 Å². The van der Waals surface area contributed by atoms with Gasteiger partial charge in [0, 0.05) is 31.9 Å². The summed E-state index contributed by atoms with van der Waals surface area (Å²) in [4.78, 5) is 6.94. The summed E-state index contributed by atoms with van der Waals surface area (Å²) in [6, 6.07) is 4.73. The van der Waals surface area contributed by atoms with Gasteiger partial charge in [-0.05, 0) is 37.9 Å². The normalized spacial score (nSPS) is 24.2. The van der Waals surface area contributed by atoms with Crippen molar-refractivity contribution in [2.45, 2.75) is 25.3 Å². The van der Waals surface area contributed by atoms with Crippen LogP contribution in [-0.2, 0) is 0 Å².